The van der Waals surface area contributed by atoms with Crippen molar-refractivity contribution in [3.63, 3.8) is 0 Å². The lowest BCUT2D eigenvalue weighted by Gasteiger charge is -2.17. The van der Waals surface area contributed by atoms with Crippen molar-refractivity contribution in [2.75, 3.05) is 10.7 Å². The van der Waals surface area contributed by atoms with Crippen molar-refractivity contribution in [3.05, 3.63) is 10.8 Å². The molecule has 7 heteroatoms. The number of hydrogen-bond acceptors (Lipinski definition) is 6. The first-order valence-electron chi connectivity index (χ1n) is 4.96. The van der Waals surface area contributed by atoms with Gasteiger partial charge in [-0.2, -0.15) is 0 Å². The fraction of sp³-hybridized carbons (Fsp3) is 0.556. The first-order valence-corrected chi connectivity index (χ1v) is 5.75. The predicted octanol–water partition coefficient (Wildman–Crippen LogP) is 1.10. The summed E-state index contributed by atoms with van der Waals surface area (Å²) in [5.74, 6) is 6.46. The number of hydrazine groups is 1. The molecular weight excluding hydrogens is 274 g/mol. The zero-order valence-electron chi connectivity index (χ0n) is 9.24. The lowest BCUT2D eigenvalue weighted by molar-refractivity contribution is 0.179. The number of nitrogens with one attached hydrogen (secondary N) is 2. The minimum atomic E-state index is -0.352. The van der Waals surface area contributed by atoms with Crippen LogP contribution in [-0.2, 0) is 0 Å². The highest BCUT2D eigenvalue weighted by Crippen LogP contribution is 2.26. The molecule has 0 bridgehead atoms. The topological polar surface area (TPSA) is 96.1 Å². The first-order chi connectivity index (χ1) is 7.54. The van der Waals surface area contributed by atoms with Gasteiger partial charge in [-0.3, -0.25) is 0 Å². The normalized spacial score (nSPS) is 14.3. The van der Waals surface area contributed by atoms with Crippen LogP contribution in [0.2, 0.25) is 0 Å². The highest BCUT2D eigenvalue weighted by atomic mass is 79.9. The minimum Gasteiger partial charge on any atom is -0.393 e. The highest BCUT2D eigenvalue weighted by molar-refractivity contribution is 9.10. The summed E-state index contributed by atoms with van der Waals surface area (Å²) in [7, 11) is 0. The maximum atomic E-state index is 9.25. The second kappa shape index (κ2) is 5.97. The Morgan fingerprint density at radius 1 is 1.44 bits per heavy atom. The van der Waals surface area contributed by atoms with E-state index < -0.39 is 0 Å². The SMILES string of the molecule is CC(O)CC(C)Nc1ncnc(NN)c1Br. The molecule has 0 aliphatic heterocycles. The van der Waals surface area contributed by atoms with E-state index in [1.807, 2.05) is 6.92 Å². The van der Waals surface area contributed by atoms with Crippen LogP contribution in [0.15, 0.2) is 10.8 Å². The Kier molecular flexibility index (Phi) is 4.91. The molecule has 1 aromatic heterocycles. The Hall–Kier alpha value is -0.920. The van der Waals surface area contributed by atoms with Gasteiger partial charge in [-0.25, -0.2) is 15.8 Å². The Balaban J connectivity index is 2.73. The molecule has 0 aliphatic rings. The molecule has 6 nitrogen and oxygen atoms in total. The average Bonchev–Trinajstić information content (AvgIpc) is 2.20. The molecule has 0 saturated heterocycles. The number of nitrogen functional groups attached to an aromatic ring is 1. The van der Waals surface area contributed by atoms with E-state index in [2.05, 4.69) is 36.6 Å². The summed E-state index contributed by atoms with van der Waals surface area (Å²) in [6.45, 7) is 3.72. The summed E-state index contributed by atoms with van der Waals surface area (Å²) in [6.07, 6.45) is 1.70. The molecule has 2 unspecified atom stereocenters. The molecule has 0 fully saturated rings. The fourth-order valence-corrected chi connectivity index (χ4v) is 1.81. The molecule has 1 heterocycles. The standard InChI is InChI=1S/C9H16BrN5O/c1-5(3-6(2)16)14-8-7(10)9(15-11)13-4-12-8/h4-6,16H,3,11H2,1-2H3,(H2,12,13,14,15). The summed E-state index contributed by atoms with van der Waals surface area (Å²) in [4.78, 5) is 8.03. The summed E-state index contributed by atoms with van der Waals surface area (Å²) in [6, 6.07) is 0.108. The summed E-state index contributed by atoms with van der Waals surface area (Å²) >= 11 is 3.34. The Bertz CT molecular complexity index is 347. The van der Waals surface area contributed by atoms with Gasteiger partial charge in [-0.15, -0.1) is 0 Å². The van der Waals surface area contributed by atoms with Gasteiger partial charge in [0, 0.05) is 6.04 Å². The predicted molar refractivity (Wildman–Crippen MR) is 66.9 cm³/mol. The molecule has 1 rings (SSSR count). The monoisotopic (exact) mass is 289 g/mol. The molecule has 90 valence electrons. The van der Waals surface area contributed by atoms with E-state index in [1.165, 1.54) is 6.33 Å². The number of nitrogens with two attached hydrogens (primary N) is 1. The Morgan fingerprint density at radius 3 is 2.62 bits per heavy atom. The largest absolute Gasteiger partial charge is 0.393 e. The maximum Gasteiger partial charge on any atom is 0.159 e. The van der Waals surface area contributed by atoms with Gasteiger partial charge in [0.05, 0.1) is 6.10 Å². The lowest BCUT2D eigenvalue weighted by atomic mass is 10.1. The zero-order chi connectivity index (χ0) is 12.1. The molecule has 0 saturated carbocycles. The average molecular weight is 290 g/mol. The van der Waals surface area contributed by atoms with Crippen molar-refractivity contribution in [3.8, 4) is 0 Å². The highest BCUT2D eigenvalue weighted by Gasteiger charge is 2.11. The van der Waals surface area contributed by atoms with Crippen LogP contribution < -0.4 is 16.6 Å². The molecule has 5 N–H and O–H groups in total. The third-order valence-electron chi connectivity index (χ3n) is 2.00. The summed E-state index contributed by atoms with van der Waals surface area (Å²) < 4.78 is 0.676. The lowest BCUT2D eigenvalue weighted by Crippen LogP contribution is -2.22. The number of nitrogens with zero attached hydrogens (tertiary/aromatic N) is 2. The molecule has 0 aromatic carbocycles. The van der Waals surface area contributed by atoms with Gasteiger partial charge in [-0.05, 0) is 36.2 Å². The van der Waals surface area contributed by atoms with Crippen LogP contribution in [0.25, 0.3) is 0 Å². The van der Waals surface area contributed by atoms with Gasteiger partial charge >= 0.3 is 0 Å². The van der Waals surface area contributed by atoms with Gasteiger partial charge in [-0.1, -0.05) is 0 Å². The second-order valence-electron chi connectivity index (χ2n) is 3.66. The van der Waals surface area contributed by atoms with E-state index >= 15 is 0 Å². The second-order valence-corrected chi connectivity index (χ2v) is 4.45. The van der Waals surface area contributed by atoms with E-state index in [-0.39, 0.29) is 12.1 Å². The molecule has 0 aliphatic carbocycles. The Labute approximate surface area is 103 Å². The number of hydrogen-bond donors (Lipinski definition) is 4. The molecular formula is C9H16BrN5O. The van der Waals surface area contributed by atoms with Crippen LogP contribution in [0.3, 0.4) is 0 Å². The molecule has 0 amide bonds. The van der Waals surface area contributed by atoms with E-state index in [9.17, 15) is 5.11 Å². The van der Waals surface area contributed by atoms with Crippen LogP contribution in [0, 0.1) is 0 Å². The molecule has 2 atom stereocenters. The van der Waals surface area contributed by atoms with E-state index in [4.69, 9.17) is 5.84 Å². The van der Waals surface area contributed by atoms with E-state index in [0.717, 1.165) is 0 Å². The summed E-state index contributed by atoms with van der Waals surface area (Å²) in [5, 5.41) is 12.4. The summed E-state index contributed by atoms with van der Waals surface area (Å²) in [5.41, 5.74) is 2.46. The van der Waals surface area contributed by atoms with Crippen molar-refractivity contribution in [2.24, 2.45) is 5.84 Å². The van der Waals surface area contributed by atoms with Gasteiger partial charge in [0.25, 0.3) is 0 Å². The van der Waals surface area contributed by atoms with E-state index in [0.29, 0.717) is 22.5 Å². The van der Waals surface area contributed by atoms with Gasteiger partial charge < -0.3 is 15.8 Å². The van der Waals surface area contributed by atoms with Gasteiger partial charge in [0.2, 0.25) is 0 Å². The Morgan fingerprint density at radius 2 is 2.06 bits per heavy atom. The van der Waals surface area contributed by atoms with Crippen molar-refractivity contribution in [1.82, 2.24) is 9.97 Å². The number of halogens is 1. The molecule has 0 radical (unpaired) electrons. The number of rotatable bonds is 5. The van der Waals surface area contributed by atoms with Crippen LogP contribution in [-0.4, -0.2) is 27.2 Å². The fourth-order valence-electron chi connectivity index (χ4n) is 1.38. The molecule has 16 heavy (non-hydrogen) atoms. The smallest absolute Gasteiger partial charge is 0.159 e. The van der Waals surface area contributed by atoms with Crippen molar-refractivity contribution in [2.45, 2.75) is 32.4 Å². The van der Waals surface area contributed by atoms with Crippen LogP contribution >= 0.6 is 15.9 Å². The zero-order valence-corrected chi connectivity index (χ0v) is 10.8. The number of aliphatic hydroxyl groups excluding tert-OH is 1. The number of aliphatic hydroxyl groups is 1. The van der Waals surface area contributed by atoms with Gasteiger partial charge in [0.1, 0.15) is 16.6 Å². The minimum absolute atomic E-state index is 0.108. The van der Waals surface area contributed by atoms with Crippen LogP contribution in [0.4, 0.5) is 11.6 Å². The first kappa shape index (κ1) is 13.1. The van der Waals surface area contributed by atoms with Crippen molar-refractivity contribution in [1.29, 1.82) is 0 Å². The van der Waals surface area contributed by atoms with Crippen LogP contribution in [0.1, 0.15) is 20.3 Å². The van der Waals surface area contributed by atoms with Gasteiger partial charge in [0.15, 0.2) is 5.82 Å². The number of aromatic nitrogens is 2. The quantitative estimate of drug-likeness (QED) is 0.479. The number of anilines is 2. The molecule has 1 aromatic rings. The van der Waals surface area contributed by atoms with Crippen molar-refractivity contribution < 1.29 is 5.11 Å². The molecule has 0 spiro atoms. The van der Waals surface area contributed by atoms with E-state index in [1.54, 1.807) is 6.92 Å². The third kappa shape index (κ3) is 3.58. The van der Waals surface area contributed by atoms with Crippen molar-refractivity contribution >= 4 is 27.6 Å². The third-order valence-corrected chi connectivity index (χ3v) is 2.76. The van der Waals surface area contributed by atoms with Crippen LogP contribution in [0.5, 0.6) is 0 Å². The maximum absolute atomic E-state index is 9.25.